The second kappa shape index (κ2) is 7.61. The molecular formula is C22H19B2N2O2P. The summed E-state index contributed by atoms with van der Waals surface area (Å²) in [6, 6.07) is 19.5. The van der Waals surface area contributed by atoms with Crippen molar-refractivity contribution in [2.75, 3.05) is 0 Å². The maximum atomic E-state index is 6.07. The molecular weight excluding hydrogens is 377 g/mol. The molecule has 0 saturated carbocycles. The number of nitrogens with zero attached hydrogens (tertiary/aromatic N) is 1. The molecule has 1 N–H and O–H groups in total. The van der Waals surface area contributed by atoms with E-state index in [4.69, 9.17) is 29.8 Å². The minimum atomic E-state index is -1.37. The Labute approximate surface area is 175 Å². The van der Waals surface area contributed by atoms with E-state index in [0.29, 0.717) is 23.1 Å². The van der Waals surface area contributed by atoms with E-state index >= 15 is 0 Å². The molecule has 0 aliphatic carbocycles. The third kappa shape index (κ3) is 4.33. The number of hydrogen-bond acceptors (Lipinski definition) is 3. The third-order valence-corrected chi connectivity index (χ3v) is 4.61. The molecule has 0 bridgehead atoms. The predicted molar refractivity (Wildman–Crippen MR) is 121 cm³/mol. The molecule has 4 nitrogen and oxygen atoms in total. The smallest absolute Gasteiger partial charge is 0.174 e. The molecule has 2 aromatic heterocycles. The fourth-order valence-corrected chi connectivity index (χ4v) is 3.26. The number of imidazole rings is 1. The molecule has 29 heavy (non-hydrogen) atoms. The summed E-state index contributed by atoms with van der Waals surface area (Å²) in [5, 5.41) is -1.37. The van der Waals surface area contributed by atoms with Crippen molar-refractivity contribution >= 4 is 24.9 Å². The van der Waals surface area contributed by atoms with Crippen LogP contribution >= 0.6 is 9.24 Å². The molecule has 2 heterocycles. The number of furan rings is 1. The van der Waals surface area contributed by atoms with Gasteiger partial charge in [-0.3, -0.25) is 0 Å². The molecule has 0 fully saturated rings. The Balaban J connectivity index is 1.68. The summed E-state index contributed by atoms with van der Waals surface area (Å²) in [5.74, 6) is 2.47. The van der Waals surface area contributed by atoms with Crippen molar-refractivity contribution in [1.82, 2.24) is 9.97 Å². The topological polar surface area (TPSA) is 51.0 Å². The van der Waals surface area contributed by atoms with E-state index in [-0.39, 0.29) is 0 Å². The first kappa shape index (κ1) is 19.6. The number of aromatic amines is 1. The number of aromatic nitrogens is 2. The Kier molecular flexibility index (Phi) is 5.14. The summed E-state index contributed by atoms with van der Waals surface area (Å²) >= 11 is 0. The van der Waals surface area contributed by atoms with E-state index in [0.717, 1.165) is 22.5 Å². The number of para-hydroxylation sites is 1. The summed E-state index contributed by atoms with van der Waals surface area (Å²) in [6.45, 7) is 4.06. The molecule has 0 spiro atoms. The molecule has 4 rings (SSSR count). The van der Waals surface area contributed by atoms with Crippen molar-refractivity contribution in [3.63, 3.8) is 0 Å². The van der Waals surface area contributed by atoms with Crippen molar-refractivity contribution in [2.24, 2.45) is 0 Å². The van der Waals surface area contributed by atoms with E-state index in [9.17, 15) is 0 Å². The molecule has 0 aliphatic rings. The summed E-state index contributed by atoms with van der Waals surface area (Å²) in [6.07, 6.45) is 0. The van der Waals surface area contributed by atoms with Crippen LogP contribution in [0.4, 0.5) is 0 Å². The van der Waals surface area contributed by atoms with Gasteiger partial charge in [-0.15, -0.1) is 9.24 Å². The fraction of sp³-hybridized carbons (Fsp3) is 0.136. The van der Waals surface area contributed by atoms with Gasteiger partial charge in [-0.05, 0) is 38.1 Å². The van der Waals surface area contributed by atoms with Gasteiger partial charge in [-0.2, -0.15) is 0 Å². The first-order valence-electron chi connectivity index (χ1n) is 9.19. The van der Waals surface area contributed by atoms with Crippen LogP contribution in [0.5, 0.6) is 5.75 Å². The number of rotatable bonds is 5. The van der Waals surface area contributed by atoms with Crippen LogP contribution in [-0.4, -0.2) is 30.8 Å². The van der Waals surface area contributed by atoms with Gasteiger partial charge in [0.05, 0.1) is 11.3 Å². The van der Waals surface area contributed by atoms with Crippen LogP contribution in [-0.2, 0) is 0 Å². The standard InChI is InChI=1S/C22H19B2N2O2P/c1-13-7-9-15(10-8-13)20-14(2)25-21(26-20)19-12-11-17(27-19)16-5-3-4-6-18(16)28-22(23,24)29/h3-12H,29H2,1-2H3,(H,25,26). The second-order valence-electron chi connectivity index (χ2n) is 7.04. The van der Waals surface area contributed by atoms with E-state index < -0.39 is 5.14 Å². The maximum absolute atomic E-state index is 6.07. The normalized spacial score (nSPS) is 11.6. The molecule has 0 aliphatic heterocycles. The molecule has 7 heteroatoms. The van der Waals surface area contributed by atoms with Crippen LogP contribution in [0.15, 0.2) is 65.1 Å². The van der Waals surface area contributed by atoms with Crippen LogP contribution in [0.25, 0.3) is 34.2 Å². The van der Waals surface area contributed by atoms with E-state index in [1.807, 2.05) is 37.3 Å². The Morgan fingerprint density at radius 2 is 1.66 bits per heavy atom. The summed E-state index contributed by atoms with van der Waals surface area (Å²) in [7, 11) is 13.8. The summed E-state index contributed by atoms with van der Waals surface area (Å²) in [5.41, 5.74) is 4.90. The molecule has 2 aromatic carbocycles. The van der Waals surface area contributed by atoms with Crippen LogP contribution in [0.2, 0.25) is 0 Å². The van der Waals surface area contributed by atoms with Gasteiger partial charge < -0.3 is 14.1 Å². The summed E-state index contributed by atoms with van der Waals surface area (Å²) < 4.78 is 11.7. The van der Waals surface area contributed by atoms with Gasteiger partial charge >= 0.3 is 0 Å². The van der Waals surface area contributed by atoms with Gasteiger partial charge in [-0.1, -0.05) is 42.0 Å². The Bertz CT molecular complexity index is 1140. The maximum Gasteiger partial charge on any atom is 0.174 e. The zero-order valence-electron chi connectivity index (χ0n) is 16.3. The van der Waals surface area contributed by atoms with Crippen molar-refractivity contribution in [3.05, 3.63) is 71.9 Å². The Hall–Kier alpha value is -2.71. The highest BCUT2D eigenvalue weighted by Crippen LogP contribution is 2.36. The minimum absolute atomic E-state index is 0.532. The van der Waals surface area contributed by atoms with Crippen LogP contribution in [0, 0.1) is 13.8 Å². The highest BCUT2D eigenvalue weighted by atomic mass is 31.0. The number of H-pyrrole nitrogens is 1. The molecule has 4 aromatic rings. The minimum Gasteiger partial charge on any atom is -0.503 e. The van der Waals surface area contributed by atoms with Gasteiger partial charge in [0.2, 0.25) is 0 Å². The molecule has 4 radical (unpaired) electrons. The molecule has 0 amide bonds. The van der Waals surface area contributed by atoms with Crippen LogP contribution in [0.3, 0.4) is 0 Å². The van der Waals surface area contributed by atoms with Crippen molar-refractivity contribution < 1.29 is 9.15 Å². The number of hydrogen-bond donors (Lipinski definition) is 1. The fourth-order valence-electron chi connectivity index (χ4n) is 3.13. The number of ether oxygens (including phenoxy) is 1. The van der Waals surface area contributed by atoms with Gasteiger partial charge in [0, 0.05) is 16.4 Å². The Morgan fingerprint density at radius 1 is 0.966 bits per heavy atom. The van der Waals surface area contributed by atoms with Gasteiger partial charge in [0.15, 0.2) is 11.6 Å². The molecule has 1 atom stereocenters. The highest BCUT2D eigenvalue weighted by molar-refractivity contribution is 7.25. The van der Waals surface area contributed by atoms with Gasteiger partial charge in [0.1, 0.15) is 27.2 Å². The zero-order chi connectivity index (χ0) is 20.6. The third-order valence-electron chi connectivity index (χ3n) is 4.49. The van der Waals surface area contributed by atoms with E-state index in [2.05, 4.69) is 45.4 Å². The molecule has 1 unspecified atom stereocenters. The lowest BCUT2D eigenvalue weighted by molar-refractivity contribution is 0.325. The lowest BCUT2D eigenvalue weighted by Gasteiger charge is -2.23. The monoisotopic (exact) mass is 396 g/mol. The lowest BCUT2D eigenvalue weighted by Crippen LogP contribution is -2.29. The predicted octanol–water partition coefficient (Wildman–Crippen LogP) is 4.82. The summed E-state index contributed by atoms with van der Waals surface area (Å²) in [4.78, 5) is 8.06. The highest BCUT2D eigenvalue weighted by Gasteiger charge is 2.18. The average molecular weight is 396 g/mol. The zero-order valence-corrected chi connectivity index (χ0v) is 17.4. The van der Waals surface area contributed by atoms with E-state index in [1.165, 1.54) is 5.56 Å². The number of benzene rings is 2. The van der Waals surface area contributed by atoms with Gasteiger partial charge in [0.25, 0.3) is 0 Å². The first-order valence-corrected chi connectivity index (χ1v) is 9.77. The largest absolute Gasteiger partial charge is 0.503 e. The lowest BCUT2D eigenvalue weighted by atomic mass is 9.80. The second-order valence-corrected chi connectivity index (χ2v) is 7.94. The number of nitrogens with one attached hydrogen (secondary N) is 1. The number of aryl methyl sites for hydroxylation is 2. The van der Waals surface area contributed by atoms with Crippen LogP contribution < -0.4 is 4.74 Å². The van der Waals surface area contributed by atoms with Crippen molar-refractivity contribution in [3.8, 4) is 39.9 Å². The van der Waals surface area contributed by atoms with Crippen molar-refractivity contribution in [2.45, 2.75) is 19.0 Å². The SMILES string of the molecule is [B]C([B])(P)Oc1ccccc1-c1ccc(-c2nc(-c3ccc(C)cc3)c(C)[nH]2)o1. The van der Waals surface area contributed by atoms with E-state index in [1.54, 1.807) is 6.07 Å². The van der Waals surface area contributed by atoms with Crippen LogP contribution in [0.1, 0.15) is 11.3 Å². The first-order chi connectivity index (χ1) is 13.8. The average Bonchev–Trinajstić information content (AvgIpc) is 3.28. The quantitative estimate of drug-likeness (QED) is 0.389. The Morgan fingerprint density at radius 3 is 2.38 bits per heavy atom. The van der Waals surface area contributed by atoms with Gasteiger partial charge in [-0.25, -0.2) is 4.98 Å². The molecule has 140 valence electrons. The molecule has 0 saturated heterocycles. The van der Waals surface area contributed by atoms with Crippen molar-refractivity contribution in [1.29, 1.82) is 0 Å².